The molecule has 0 spiro atoms. The average Bonchev–Trinajstić information content (AvgIpc) is 2.17. The molecule has 0 aliphatic carbocycles. The molecule has 0 aliphatic heterocycles. The van der Waals surface area contributed by atoms with Gasteiger partial charge in [0.05, 0.1) is 0 Å². The highest BCUT2D eigenvalue weighted by Gasteiger charge is 2.02. The predicted molar refractivity (Wildman–Crippen MR) is 70.0 cm³/mol. The van der Waals surface area contributed by atoms with Gasteiger partial charge in [-0.05, 0) is 37.5 Å². The van der Waals surface area contributed by atoms with Gasteiger partial charge in [-0.3, -0.25) is 0 Å². The number of benzene rings is 1. The Balaban J connectivity index is 2.54. The standard InChI is InChI=1S/C13H18BrN/c1-4-5-11(3)15-9-12-7-6-10(2)8-13(12)14/h4,6-8,11,15H,1,5,9H2,2-3H3. The smallest absolute Gasteiger partial charge is 0.0222 e. The van der Waals surface area contributed by atoms with E-state index in [1.807, 2.05) is 6.08 Å². The number of hydrogen-bond donors (Lipinski definition) is 1. The van der Waals surface area contributed by atoms with Crippen molar-refractivity contribution in [2.45, 2.75) is 32.9 Å². The molecule has 2 heteroatoms. The molecular formula is C13H18BrN. The maximum atomic E-state index is 3.74. The molecule has 1 nitrogen and oxygen atoms in total. The zero-order valence-electron chi connectivity index (χ0n) is 9.39. The molecule has 0 fully saturated rings. The molecule has 1 unspecified atom stereocenters. The van der Waals surface area contributed by atoms with E-state index < -0.39 is 0 Å². The summed E-state index contributed by atoms with van der Waals surface area (Å²) in [7, 11) is 0. The van der Waals surface area contributed by atoms with Crippen LogP contribution in [0.25, 0.3) is 0 Å². The van der Waals surface area contributed by atoms with Crippen molar-refractivity contribution in [1.29, 1.82) is 0 Å². The molecule has 0 heterocycles. The van der Waals surface area contributed by atoms with E-state index in [-0.39, 0.29) is 0 Å². The zero-order valence-corrected chi connectivity index (χ0v) is 11.0. The fourth-order valence-electron chi connectivity index (χ4n) is 1.41. The van der Waals surface area contributed by atoms with E-state index in [0.29, 0.717) is 6.04 Å². The minimum atomic E-state index is 0.482. The second-order valence-electron chi connectivity index (χ2n) is 3.90. The van der Waals surface area contributed by atoms with Crippen LogP contribution in [-0.4, -0.2) is 6.04 Å². The van der Waals surface area contributed by atoms with Crippen LogP contribution in [0.5, 0.6) is 0 Å². The van der Waals surface area contributed by atoms with Crippen molar-refractivity contribution in [3.8, 4) is 0 Å². The molecule has 0 bridgehead atoms. The second-order valence-corrected chi connectivity index (χ2v) is 4.76. The van der Waals surface area contributed by atoms with Crippen molar-refractivity contribution in [1.82, 2.24) is 5.32 Å². The topological polar surface area (TPSA) is 12.0 Å². The SMILES string of the molecule is C=CCC(C)NCc1ccc(C)cc1Br. The molecular weight excluding hydrogens is 250 g/mol. The van der Waals surface area contributed by atoms with Crippen molar-refractivity contribution in [2.24, 2.45) is 0 Å². The lowest BCUT2D eigenvalue weighted by atomic mass is 10.1. The number of aryl methyl sites for hydroxylation is 1. The first-order valence-electron chi connectivity index (χ1n) is 5.22. The third-order valence-electron chi connectivity index (χ3n) is 2.37. The molecule has 1 aromatic carbocycles. The van der Waals surface area contributed by atoms with Crippen LogP contribution in [0.15, 0.2) is 35.3 Å². The first kappa shape index (κ1) is 12.5. The predicted octanol–water partition coefficient (Wildman–Crippen LogP) is 3.81. The van der Waals surface area contributed by atoms with E-state index in [1.165, 1.54) is 15.6 Å². The van der Waals surface area contributed by atoms with Gasteiger partial charge in [0, 0.05) is 17.1 Å². The first-order valence-corrected chi connectivity index (χ1v) is 6.02. The molecule has 1 aromatic rings. The normalized spacial score (nSPS) is 12.5. The molecule has 1 atom stereocenters. The van der Waals surface area contributed by atoms with Gasteiger partial charge in [-0.15, -0.1) is 6.58 Å². The summed E-state index contributed by atoms with van der Waals surface area (Å²) in [4.78, 5) is 0. The van der Waals surface area contributed by atoms with Crippen LogP contribution in [0, 0.1) is 6.92 Å². The zero-order chi connectivity index (χ0) is 11.3. The summed E-state index contributed by atoms with van der Waals surface area (Å²) in [6, 6.07) is 6.93. The Hall–Kier alpha value is -0.600. The number of halogens is 1. The van der Waals surface area contributed by atoms with Gasteiger partial charge in [0.15, 0.2) is 0 Å². The third kappa shape index (κ3) is 4.18. The lowest BCUT2D eigenvalue weighted by Crippen LogP contribution is -2.24. The summed E-state index contributed by atoms with van der Waals surface area (Å²) >= 11 is 3.58. The minimum Gasteiger partial charge on any atom is -0.310 e. The van der Waals surface area contributed by atoms with Gasteiger partial charge in [-0.1, -0.05) is 34.1 Å². The Kier molecular flexibility index (Phi) is 5.06. The van der Waals surface area contributed by atoms with Crippen LogP contribution >= 0.6 is 15.9 Å². The Bertz CT molecular complexity index is 333. The van der Waals surface area contributed by atoms with Crippen molar-refractivity contribution in [2.75, 3.05) is 0 Å². The monoisotopic (exact) mass is 267 g/mol. The molecule has 0 amide bonds. The quantitative estimate of drug-likeness (QED) is 0.801. The Morgan fingerprint density at radius 1 is 1.53 bits per heavy atom. The second kappa shape index (κ2) is 6.09. The van der Waals surface area contributed by atoms with Crippen molar-refractivity contribution >= 4 is 15.9 Å². The summed E-state index contributed by atoms with van der Waals surface area (Å²) in [5.74, 6) is 0. The summed E-state index contributed by atoms with van der Waals surface area (Å²) in [6.45, 7) is 8.90. The molecule has 0 radical (unpaired) electrons. The molecule has 82 valence electrons. The van der Waals surface area contributed by atoms with Crippen LogP contribution in [0.3, 0.4) is 0 Å². The number of nitrogens with one attached hydrogen (secondary N) is 1. The van der Waals surface area contributed by atoms with E-state index in [9.17, 15) is 0 Å². The lowest BCUT2D eigenvalue weighted by Gasteiger charge is -2.12. The van der Waals surface area contributed by atoms with E-state index in [1.54, 1.807) is 0 Å². The average molecular weight is 268 g/mol. The highest BCUT2D eigenvalue weighted by Crippen LogP contribution is 2.18. The molecule has 0 saturated carbocycles. The Morgan fingerprint density at radius 3 is 2.87 bits per heavy atom. The van der Waals surface area contributed by atoms with Gasteiger partial charge in [-0.25, -0.2) is 0 Å². The van der Waals surface area contributed by atoms with E-state index in [4.69, 9.17) is 0 Å². The van der Waals surface area contributed by atoms with Crippen LogP contribution in [0.2, 0.25) is 0 Å². The fraction of sp³-hybridized carbons (Fsp3) is 0.385. The molecule has 0 saturated heterocycles. The first-order chi connectivity index (χ1) is 7.13. The summed E-state index contributed by atoms with van der Waals surface area (Å²) in [6.07, 6.45) is 2.95. The molecule has 1 N–H and O–H groups in total. The maximum Gasteiger partial charge on any atom is 0.0222 e. The number of hydrogen-bond acceptors (Lipinski definition) is 1. The van der Waals surface area contributed by atoms with Crippen LogP contribution in [0.4, 0.5) is 0 Å². The molecule has 1 rings (SSSR count). The number of rotatable bonds is 5. The van der Waals surface area contributed by atoms with Gasteiger partial charge >= 0.3 is 0 Å². The van der Waals surface area contributed by atoms with Crippen LogP contribution < -0.4 is 5.32 Å². The van der Waals surface area contributed by atoms with Gasteiger partial charge < -0.3 is 5.32 Å². The molecule has 0 aliphatic rings. The minimum absolute atomic E-state index is 0.482. The third-order valence-corrected chi connectivity index (χ3v) is 3.11. The van der Waals surface area contributed by atoms with Crippen molar-refractivity contribution in [3.63, 3.8) is 0 Å². The van der Waals surface area contributed by atoms with Gasteiger partial charge in [0.2, 0.25) is 0 Å². The lowest BCUT2D eigenvalue weighted by molar-refractivity contribution is 0.553. The molecule has 0 aromatic heterocycles. The van der Waals surface area contributed by atoms with Gasteiger partial charge in [0.25, 0.3) is 0 Å². The highest BCUT2D eigenvalue weighted by atomic mass is 79.9. The highest BCUT2D eigenvalue weighted by molar-refractivity contribution is 9.10. The van der Waals surface area contributed by atoms with Crippen molar-refractivity contribution in [3.05, 3.63) is 46.5 Å². The summed E-state index contributed by atoms with van der Waals surface area (Å²) in [5.41, 5.74) is 2.58. The van der Waals surface area contributed by atoms with E-state index >= 15 is 0 Å². The Morgan fingerprint density at radius 2 is 2.27 bits per heavy atom. The van der Waals surface area contributed by atoms with Crippen molar-refractivity contribution < 1.29 is 0 Å². The maximum absolute atomic E-state index is 3.74. The van der Waals surface area contributed by atoms with E-state index in [2.05, 4.69) is 59.9 Å². The van der Waals surface area contributed by atoms with Gasteiger partial charge in [-0.2, -0.15) is 0 Å². The van der Waals surface area contributed by atoms with E-state index in [0.717, 1.165) is 13.0 Å². The fourth-order valence-corrected chi connectivity index (χ4v) is 2.05. The van der Waals surface area contributed by atoms with Gasteiger partial charge in [0.1, 0.15) is 0 Å². The molecule has 15 heavy (non-hydrogen) atoms. The largest absolute Gasteiger partial charge is 0.310 e. The summed E-state index contributed by atoms with van der Waals surface area (Å²) in [5, 5.41) is 3.46. The Labute approximate surface area is 101 Å². The summed E-state index contributed by atoms with van der Waals surface area (Å²) < 4.78 is 1.18. The van der Waals surface area contributed by atoms with Crippen LogP contribution in [-0.2, 0) is 6.54 Å². The van der Waals surface area contributed by atoms with Crippen LogP contribution in [0.1, 0.15) is 24.5 Å².